The average Bonchev–Trinajstić information content (AvgIpc) is 2.60. The van der Waals surface area contributed by atoms with Crippen LogP contribution >= 0.6 is 0 Å². The Morgan fingerprint density at radius 3 is 2.58 bits per heavy atom. The molecule has 0 aliphatic carbocycles. The summed E-state index contributed by atoms with van der Waals surface area (Å²) in [6.45, 7) is 4.71. The minimum Gasteiger partial charge on any atom is -0.481 e. The molecule has 0 saturated heterocycles. The molecule has 3 heterocycles. The number of rotatable bonds is 5. The third-order valence-electron chi connectivity index (χ3n) is 3.89. The van der Waals surface area contributed by atoms with Gasteiger partial charge in [0.1, 0.15) is 11.6 Å². The maximum atomic E-state index is 14.1. The highest BCUT2D eigenvalue weighted by molar-refractivity contribution is 5.91. The third-order valence-corrected chi connectivity index (χ3v) is 3.89. The van der Waals surface area contributed by atoms with Crippen LogP contribution < -0.4 is 15.8 Å². The topological polar surface area (TPSA) is 98.8 Å². The largest absolute Gasteiger partial charge is 0.481 e. The summed E-state index contributed by atoms with van der Waals surface area (Å²) >= 11 is 0. The standard InChI is InChI=1S/C18H21FN6O/c1-10(20)12-8-23-16(26-4)13-9-22-15(7-11(12)13)24-14-5-6-21-17(25-14)18(2,3)19/h5-10H,20H2,1-4H3,(H,21,22,24,25)/t10-/m1/s1. The SMILES string of the molecule is COc1ncc([C@@H](C)N)c2cc(Nc3ccnc(C(C)(C)F)n3)ncc12. The van der Waals surface area contributed by atoms with Gasteiger partial charge in [-0.05, 0) is 43.9 Å². The predicted octanol–water partition coefficient (Wildman–Crippen LogP) is 3.40. The van der Waals surface area contributed by atoms with Crippen LogP contribution in [0.2, 0.25) is 0 Å². The highest BCUT2D eigenvalue weighted by Gasteiger charge is 2.22. The number of alkyl halides is 1. The lowest BCUT2D eigenvalue weighted by molar-refractivity contribution is 0.206. The molecule has 3 rings (SSSR count). The van der Waals surface area contributed by atoms with Crippen LogP contribution in [0.1, 0.15) is 38.2 Å². The van der Waals surface area contributed by atoms with Gasteiger partial charge >= 0.3 is 0 Å². The second-order valence-corrected chi connectivity index (χ2v) is 6.49. The van der Waals surface area contributed by atoms with Gasteiger partial charge in [-0.25, -0.2) is 24.3 Å². The summed E-state index contributed by atoms with van der Waals surface area (Å²) < 4.78 is 19.4. The Bertz CT molecular complexity index is 939. The number of nitrogens with one attached hydrogen (secondary N) is 1. The van der Waals surface area contributed by atoms with E-state index in [0.717, 1.165) is 16.3 Å². The molecule has 0 aromatic carbocycles. The molecule has 1 atom stereocenters. The number of fused-ring (bicyclic) bond motifs is 1. The quantitative estimate of drug-likeness (QED) is 0.723. The van der Waals surface area contributed by atoms with E-state index in [1.54, 1.807) is 25.6 Å². The summed E-state index contributed by atoms with van der Waals surface area (Å²) in [5.41, 5.74) is 5.30. The molecular weight excluding hydrogens is 335 g/mol. The minimum atomic E-state index is -1.63. The number of ether oxygens (including phenoxy) is 1. The number of anilines is 2. The number of nitrogens with zero attached hydrogens (tertiary/aromatic N) is 4. The van der Waals surface area contributed by atoms with Gasteiger partial charge in [-0.15, -0.1) is 0 Å². The van der Waals surface area contributed by atoms with E-state index >= 15 is 0 Å². The van der Waals surface area contributed by atoms with Crippen LogP contribution in [0.25, 0.3) is 10.8 Å². The van der Waals surface area contributed by atoms with Crippen molar-refractivity contribution in [3.8, 4) is 5.88 Å². The Kier molecular flexibility index (Phi) is 4.69. The van der Waals surface area contributed by atoms with Gasteiger partial charge < -0.3 is 15.8 Å². The van der Waals surface area contributed by atoms with Crippen molar-refractivity contribution in [3.05, 3.63) is 42.1 Å². The van der Waals surface area contributed by atoms with Crippen molar-refractivity contribution >= 4 is 22.4 Å². The van der Waals surface area contributed by atoms with Crippen LogP contribution in [0.5, 0.6) is 5.88 Å². The van der Waals surface area contributed by atoms with Crippen molar-refractivity contribution in [1.29, 1.82) is 0 Å². The Balaban J connectivity index is 2.03. The molecular formula is C18H21FN6O. The first-order chi connectivity index (χ1) is 12.3. The Hall–Kier alpha value is -2.87. The zero-order valence-corrected chi connectivity index (χ0v) is 15.1. The van der Waals surface area contributed by atoms with Gasteiger partial charge in [0.15, 0.2) is 11.5 Å². The fourth-order valence-corrected chi connectivity index (χ4v) is 2.57. The first-order valence-corrected chi connectivity index (χ1v) is 8.17. The summed E-state index contributed by atoms with van der Waals surface area (Å²) in [6.07, 6.45) is 4.87. The molecule has 0 unspecified atom stereocenters. The molecule has 136 valence electrons. The van der Waals surface area contributed by atoms with E-state index < -0.39 is 5.67 Å². The summed E-state index contributed by atoms with van der Waals surface area (Å²) in [7, 11) is 1.56. The maximum absolute atomic E-state index is 14.1. The van der Waals surface area contributed by atoms with E-state index in [1.807, 2.05) is 13.0 Å². The molecule has 0 radical (unpaired) electrons. The van der Waals surface area contributed by atoms with Crippen molar-refractivity contribution in [1.82, 2.24) is 19.9 Å². The molecule has 0 fully saturated rings. The van der Waals surface area contributed by atoms with E-state index in [-0.39, 0.29) is 11.9 Å². The average molecular weight is 356 g/mol. The summed E-state index contributed by atoms with van der Waals surface area (Å²) in [4.78, 5) is 16.8. The lowest BCUT2D eigenvalue weighted by Crippen LogP contribution is -2.14. The van der Waals surface area contributed by atoms with Gasteiger partial charge in [-0.2, -0.15) is 0 Å². The minimum absolute atomic E-state index is 0.102. The number of nitrogens with two attached hydrogens (primary N) is 1. The van der Waals surface area contributed by atoms with Crippen LogP contribution in [0, 0.1) is 0 Å². The van der Waals surface area contributed by atoms with Crippen molar-refractivity contribution in [2.24, 2.45) is 5.73 Å². The number of hydrogen-bond acceptors (Lipinski definition) is 7. The van der Waals surface area contributed by atoms with E-state index in [0.29, 0.717) is 17.5 Å². The summed E-state index contributed by atoms with van der Waals surface area (Å²) in [5, 5.41) is 4.73. The highest BCUT2D eigenvalue weighted by Crippen LogP contribution is 2.30. The zero-order valence-electron chi connectivity index (χ0n) is 15.1. The number of halogens is 1. The molecule has 8 heteroatoms. The highest BCUT2D eigenvalue weighted by atomic mass is 19.1. The third kappa shape index (κ3) is 3.55. The molecule has 3 N–H and O–H groups in total. The Labute approximate surface area is 150 Å². The van der Waals surface area contributed by atoms with E-state index in [2.05, 4.69) is 25.3 Å². The lowest BCUT2D eigenvalue weighted by Gasteiger charge is -2.15. The van der Waals surface area contributed by atoms with Crippen LogP contribution in [-0.2, 0) is 5.67 Å². The van der Waals surface area contributed by atoms with Gasteiger partial charge in [0.25, 0.3) is 0 Å². The summed E-state index contributed by atoms with van der Waals surface area (Å²) in [5.74, 6) is 1.59. The van der Waals surface area contributed by atoms with Crippen molar-refractivity contribution in [2.45, 2.75) is 32.5 Å². The van der Waals surface area contributed by atoms with E-state index in [9.17, 15) is 4.39 Å². The van der Waals surface area contributed by atoms with Crippen LogP contribution in [-0.4, -0.2) is 27.0 Å². The molecule has 0 aliphatic heterocycles. The Morgan fingerprint density at radius 2 is 1.92 bits per heavy atom. The van der Waals surface area contributed by atoms with Gasteiger partial charge in [0, 0.05) is 24.6 Å². The molecule has 7 nitrogen and oxygen atoms in total. The smallest absolute Gasteiger partial charge is 0.222 e. The van der Waals surface area contributed by atoms with Gasteiger partial charge in [0.2, 0.25) is 5.88 Å². The first-order valence-electron chi connectivity index (χ1n) is 8.17. The fourth-order valence-electron chi connectivity index (χ4n) is 2.57. The van der Waals surface area contributed by atoms with Crippen LogP contribution in [0.3, 0.4) is 0 Å². The monoisotopic (exact) mass is 356 g/mol. The lowest BCUT2D eigenvalue weighted by atomic mass is 10.0. The molecule has 0 aliphatic rings. The van der Waals surface area contributed by atoms with Crippen molar-refractivity contribution < 1.29 is 9.13 Å². The Morgan fingerprint density at radius 1 is 1.15 bits per heavy atom. The van der Waals surface area contributed by atoms with Crippen LogP contribution in [0.15, 0.2) is 30.7 Å². The molecule has 3 aromatic heterocycles. The van der Waals surface area contributed by atoms with Gasteiger partial charge in [0.05, 0.1) is 12.5 Å². The number of hydrogen-bond donors (Lipinski definition) is 2. The number of methoxy groups -OCH3 is 1. The number of pyridine rings is 2. The molecule has 26 heavy (non-hydrogen) atoms. The molecule has 0 spiro atoms. The molecule has 0 bridgehead atoms. The molecule has 0 amide bonds. The fraction of sp³-hybridized carbons (Fsp3) is 0.333. The van der Waals surface area contributed by atoms with E-state index in [4.69, 9.17) is 10.5 Å². The second kappa shape index (κ2) is 6.80. The van der Waals surface area contributed by atoms with Gasteiger partial charge in [-0.1, -0.05) is 0 Å². The van der Waals surface area contributed by atoms with Crippen molar-refractivity contribution in [3.63, 3.8) is 0 Å². The molecule has 0 saturated carbocycles. The van der Waals surface area contributed by atoms with Gasteiger partial charge in [-0.3, -0.25) is 0 Å². The van der Waals surface area contributed by atoms with Crippen LogP contribution in [0.4, 0.5) is 16.0 Å². The number of aromatic nitrogens is 4. The second-order valence-electron chi connectivity index (χ2n) is 6.49. The maximum Gasteiger partial charge on any atom is 0.222 e. The zero-order chi connectivity index (χ0) is 18.9. The van der Waals surface area contributed by atoms with E-state index in [1.165, 1.54) is 20.0 Å². The first kappa shape index (κ1) is 17.9. The normalized spacial score (nSPS) is 12.8. The van der Waals surface area contributed by atoms with Crippen molar-refractivity contribution in [2.75, 3.05) is 12.4 Å². The summed E-state index contributed by atoms with van der Waals surface area (Å²) in [6, 6.07) is 3.30. The molecule has 3 aromatic rings. The predicted molar refractivity (Wildman–Crippen MR) is 98.1 cm³/mol.